The number of anilines is 1. The molecule has 1 aliphatic rings. The van der Waals surface area contributed by atoms with Crippen molar-refractivity contribution >= 4 is 16.5 Å². The highest BCUT2D eigenvalue weighted by Gasteiger charge is 2.25. The molecular formula is C18H16F2N4O2S. The molecule has 6 nitrogen and oxygen atoms in total. The Morgan fingerprint density at radius 2 is 2.00 bits per heavy atom. The molecule has 4 rings (SSSR count). The van der Waals surface area contributed by atoms with Gasteiger partial charge in [0.25, 0.3) is 0 Å². The van der Waals surface area contributed by atoms with Gasteiger partial charge in [0.15, 0.2) is 5.01 Å². The molecule has 2 aromatic heterocycles. The van der Waals surface area contributed by atoms with Crippen LogP contribution in [-0.4, -0.2) is 41.5 Å². The first kappa shape index (κ1) is 17.7. The van der Waals surface area contributed by atoms with Gasteiger partial charge in [0.05, 0.1) is 13.2 Å². The quantitative estimate of drug-likeness (QED) is 0.661. The summed E-state index contributed by atoms with van der Waals surface area (Å²) in [5, 5.41) is 10.1. The van der Waals surface area contributed by atoms with Gasteiger partial charge in [0.1, 0.15) is 17.5 Å². The minimum absolute atomic E-state index is 0.130. The van der Waals surface area contributed by atoms with Crippen LogP contribution in [0.15, 0.2) is 48.7 Å². The number of ether oxygens (including phenoxy) is 2. The zero-order valence-corrected chi connectivity index (χ0v) is 15.0. The number of alkyl halides is 2. The Balaban J connectivity index is 1.46. The monoisotopic (exact) mass is 390 g/mol. The van der Waals surface area contributed by atoms with Gasteiger partial charge in [0.2, 0.25) is 5.13 Å². The molecule has 140 valence electrons. The summed E-state index contributed by atoms with van der Waals surface area (Å²) < 4.78 is 34.8. The number of pyridine rings is 1. The number of morpholine rings is 1. The molecule has 0 bridgehead atoms. The normalized spacial score (nSPS) is 17.3. The minimum atomic E-state index is -2.83. The highest BCUT2D eigenvalue weighted by atomic mass is 32.1. The number of hydrogen-bond acceptors (Lipinski definition) is 7. The Morgan fingerprint density at radius 1 is 1.15 bits per heavy atom. The number of benzene rings is 1. The fraction of sp³-hybridized carbons (Fsp3) is 0.278. The number of hydrogen-bond donors (Lipinski definition) is 0. The van der Waals surface area contributed by atoms with Crippen LogP contribution in [0.5, 0.6) is 5.75 Å². The van der Waals surface area contributed by atoms with E-state index in [1.54, 1.807) is 18.3 Å². The van der Waals surface area contributed by atoms with E-state index >= 15 is 0 Å². The predicted octanol–water partition coefficient (Wildman–Crippen LogP) is 3.78. The molecule has 0 spiro atoms. The Hall–Kier alpha value is -2.65. The van der Waals surface area contributed by atoms with Crippen molar-refractivity contribution in [2.45, 2.75) is 12.7 Å². The molecule has 1 unspecified atom stereocenters. The summed E-state index contributed by atoms with van der Waals surface area (Å²) in [5.41, 5.74) is 1.69. The fourth-order valence-electron chi connectivity index (χ4n) is 2.82. The number of rotatable bonds is 5. The van der Waals surface area contributed by atoms with E-state index in [1.807, 2.05) is 18.2 Å². The van der Waals surface area contributed by atoms with Crippen molar-refractivity contribution in [1.82, 2.24) is 15.2 Å². The smallest absolute Gasteiger partial charge is 0.387 e. The van der Waals surface area contributed by atoms with Gasteiger partial charge < -0.3 is 14.4 Å². The number of aromatic nitrogens is 3. The van der Waals surface area contributed by atoms with Crippen molar-refractivity contribution in [3.63, 3.8) is 0 Å². The van der Waals surface area contributed by atoms with Gasteiger partial charge in [-0.25, -0.2) is 0 Å². The maximum Gasteiger partial charge on any atom is 0.387 e. The van der Waals surface area contributed by atoms with E-state index in [0.717, 1.165) is 21.4 Å². The van der Waals surface area contributed by atoms with Crippen LogP contribution in [0.4, 0.5) is 13.9 Å². The van der Waals surface area contributed by atoms with Crippen molar-refractivity contribution in [3.8, 4) is 16.5 Å². The second kappa shape index (κ2) is 7.93. The van der Waals surface area contributed by atoms with Crippen molar-refractivity contribution in [1.29, 1.82) is 0 Å². The summed E-state index contributed by atoms with van der Waals surface area (Å²) in [6.07, 6.45) is 1.55. The van der Waals surface area contributed by atoms with Gasteiger partial charge in [-0.2, -0.15) is 8.78 Å². The first-order chi connectivity index (χ1) is 13.2. The molecule has 9 heteroatoms. The molecule has 1 saturated heterocycles. The second-order valence-electron chi connectivity index (χ2n) is 5.86. The Kier molecular flexibility index (Phi) is 5.21. The highest BCUT2D eigenvalue weighted by Crippen LogP contribution is 2.31. The topological polar surface area (TPSA) is 60.4 Å². The lowest BCUT2D eigenvalue weighted by atomic mass is 10.1. The van der Waals surface area contributed by atoms with Crippen molar-refractivity contribution in [2.24, 2.45) is 0 Å². The zero-order chi connectivity index (χ0) is 18.6. The lowest BCUT2D eigenvalue weighted by Crippen LogP contribution is -2.38. The van der Waals surface area contributed by atoms with E-state index in [2.05, 4.69) is 24.8 Å². The summed E-state index contributed by atoms with van der Waals surface area (Å²) in [4.78, 5) is 6.41. The lowest BCUT2D eigenvalue weighted by Gasteiger charge is -2.32. The summed E-state index contributed by atoms with van der Waals surface area (Å²) in [6, 6.07) is 12.2. The molecule has 0 saturated carbocycles. The van der Waals surface area contributed by atoms with E-state index in [0.29, 0.717) is 19.7 Å². The van der Waals surface area contributed by atoms with E-state index in [-0.39, 0.29) is 11.9 Å². The molecule has 0 radical (unpaired) electrons. The largest absolute Gasteiger partial charge is 0.435 e. The molecule has 3 aromatic rings. The van der Waals surface area contributed by atoms with Crippen LogP contribution >= 0.6 is 11.3 Å². The van der Waals surface area contributed by atoms with Crippen LogP contribution in [0.1, 0.15) is 11.7 Å². The average Bonchev–Trinajstić information content (AvgIpc) is 3.19. The minimum Gasteiger partial charge on any atom is -0.435 e. The standard InChI is InChI=1S/C18H16F2N4O2S/c19-17(20)26-13-6-4-12(5-7-13)15-11-24(9-10-25-15)18-23-22-16(27-18)14-3-1-2-8-21-14/h1-8,15,17H,9-11H2. The molecule has 0 aliphatic carbocycles. The van der Waals surface area contributed by atoms with Crippen molar-refractivity contribution < 1.29 is 18.3 Å². The Labute approximate surface area is 158 Å². The van der Waals surface area contributed by atoms with E-state index in [9.17, 15) is 8.78 Å². The number of halogens is 2. The third kappa shape index (κ3) is 4.20. The molecule has 27 heavy (non-hydrogen) atoms. The number of nitrogens with zero attached hydrogens (tertiary/aromatic N) is 4. The second-order valence-corrected chi connectivity index (χ2v) is 6.81. The molecular weight excluding hydrogens is 374 g/mol. The SMILES string of the molecule is FC(F)Oc1ccc(C2CN(c3nnc(-c4ccccn4)s3)CCO2)cc1. The van der Waals surface area contributed by atoms with Crippen LogP contribution in [0.25, 0.3) is 10.7 Å². The molecule has 3 heterocycles. The molecule has 0 N–H and O–H groups in total. The summed E-state index contributed by atoms with van der Waals surface area (Å²) in [6.45, 7) is -0.979. The summed E-state index contributed by atoms with van der Waals surface area (Å²) in [5.74, 6) is 0.130. The first-order valence-corrected chi connectivity index (χ1v) is 9.17. The van der Waals surface area contributed by atoms with Gasteiger partial charge >= 0.3 is 6.61 Å². The Bertz CT molecular complexity index is 877. The van der Waals surface area contributed by atoms with Gasteiger partial charge in [-0.15, -0.1) is 10.2 Å². The van der Waals surface area contributed by atoms with E-state index in [1.165, 1.54) is 23.5 Å². The predicted molar refractivity (Wildman–Crippen MR) is 97.1 cm³/mol. The molecule has 1 fully saturated rings. The first-order valence-electron chi connectivity index (χ1n) is 8.35. The Morgan fingerprint density at radius 3 is 2.74 bits per heavy atom. The van der Waals surface area contributed by atoms with Crippen molar-refractivity contribution in [3.05, 3.63) is 54.2 Å². The van der Waals surface area contributed by atoms with Crippen LogP contribution in [0.3, 0.4) is 0 Å². The van der Waals surface area contributed by atoms with Gasteiger partial charge in [-0.05, 0) is 29.8 Å². The molecule has 0 amide bonds. The fourth-order valence-corrected chi connectivity index (χ4v) is 3.68. The summed E-state index contributed by atoms with van der Waals surface area (Å²) >= 11 is 1.48. The molecule has 1 atom stereocenters. The van der Waals surface area contributed by atoms with E-state index < -0.39 is 6.61 Å². The molecule has 1 aliphatic heterocycles. The average molecular weight is 390 g/mol. The van der Waals surface area contributed by atoms with Crippen LogP contribution in [0, 0.1) is 0 Å². The van der Waals surface area contributed by atoms with E-state index in [4.69, 9.17) is 4.74 Å². The third-order valence-corrected chi connectivity index (χ3v) is 5.12. The maximum absolute atomic E-state index is 12.3. The van der Waals surface area contributed by atoms with Gasteiger partial charge in [0, 0.05) is 12.7 Å². The van der Waals surface area contributed by atoms with Crippen LogP contribution in [0.2, 0.25) is 0 Å². The van der Waals surface area contributed by atoms with Gasteiger partial charge in [-0.1, -0.05) is 29.5 Å². The van der Waals surface area contributed by atoms with Crippen molar-refractivity contribution in [2.75, 3.05) is 24.6 Å². The third-order valence-electron chi connectivity index (χ3n) is 4.11. The zero-order valence-electron chi connectivity index (χ0n) is 14.2. The van der Waals surface area contributed by atoms with Crippen LogP contribution in [-0.2, 0) is 4.74 Å². The maximum atomic E-state index is 12.3. The van der Waals surface area contributed by atoms with Crippen LogP contribution < -0.4 is 9.64 Å². The highest BCUT2D eigenvalue weighted by molar-refractivity contribution is 7.18. The molecule has 1 aromatic carbocycles. The van der Waals surface area contributed by atoms with Gasteiger partial charge in [-0.3, -0.25) is 4.98 Å². The lowest BCUT2D eigenvalue weighted by molar-refractivity contribution is -0.0498. The summed E-state index contributed by atoms with van der Waals surface area (Å²) in [7, 11) is 0.